The number of thioether (sulfide) groups is 1. The molecule has 2 rings (SSSR count). The van der Waals surface area contributed by atoms with Crippen LogP contribution in [0.5, 0.6) is 5.75 Å². The van der Waals surface area contributed by atoms with Crippen LogP contribution in [-0.4, -0.2) is 60.4 Å². The fourth-order valence-corrected chi connectivity index (χ4v) is 4.43. The number of ether oxygens (including phenoxy) is 1. The first-order valence-corrected chi connectivity index (χ1v) is 8.87. The lowest BCUT2D eigenvalue weighted by Gasteiger charge is -2.43. The van der Waals surface area contributed by atoms with Gasteiger partial charge in [0.1, 0.15) is 11.8 Å². The number of hydrogen-bond donors (Lipinski definition) is 2. The van der Waals surface area contributed by atoms with E-state index in [4.69, 9.17) is 4.74 Å². The molecule has 0 aliphatic carbocycles. The second-order valence-corrected chi connectivity index (χ2v) is 7.45. The van der Waals surface area contributed by atoms with E-state index in [-0.39, 0.29) is 0 Å². The molecule has 1 aromatic rings. The summed E-state index contributed by atoms with van der Waals surface area (Å²) in [7, 11) is 3.65. The molecule has 0 radical (unpaired) electrons. The van der Waals surface area contributed by atoms with Crippen molar-refractivity contribution in [2.75, 3.05) is 27.2 Å². The standard InChI is InChI=1S/C17H24N2O4S/c1-19-9-7-17(8-10-19,15(16(21)22)18-12-20)24-11-13-3-5-14(23-2)6-4-13/h3-6,12,15H,7-11H2,1-2H3,(H,18,20)(H,21,22). The van der Waals surface area contributed by atoms with Gasteiger partial charge in [-0.2, -0.15) is 0 Å². The van der Waals surface area contributed by atoms with Crippen molar-refractivity contribution < 1.29 is 19.4 Å². The highest BCUT2D eigenvalue weighted by atomic mass is 32.2. The molecule has 1 saturated heterocycles. The van der Waals surface area contributed by atoms with E-state index in [9.17, 15) is 14.7 Å². The van der Waals surface area contributed by atoms with E-state index in [1.807, 2.05) is 31.3 Å². The van der Waals surface area contributed by atoms with Gasteiger partial charge < -0.3 is 20.1 Å². The number of carboxylic acids is 1. The zero-order valence-electron chi connectivity index (χ0n) is 14.0. The molecule has 2 N–H and O–H groups in total. The molecule has 1 unspecified atom stereocenters. The van der Waals surface area contributed by atoms with Crippen molar-refractivity contribution in [2.45, 2.75) is 29.4 Å². The van der Waals surface area contributed by atoms with Gasteiger partial charge in [0.15, 0.2) is 0 Å². The highest BCUT2D eigenvalue weighted by Gasteiger charge is 2.45. The van der Waals surface area contributed by atoms with Gasteiger partial charge in [-0.05, 0) is 50.7 Å². The van der Waals surface area contributed by atoms with Crippen LogP contribution < -0.4 is 10.1 Å². The highest BCUT2D eigenvalue weighted by Crippen LogP contribution is 2.41. The van der Waals surface area contributed by atoms with E-state index in [1.54, 1.807) is 18.9 Å². The summed E-state index contributed by atoms with van der Waals surface area (Å²) in [4.78, 5) is 24.8. The Morgan fingerprint density at radius 1 is 1.42 bits per heavy atom. The van der Waals surface area contributed by atoms with Crippen molar-refractivity contribution in [3.63, 3.8) is 0 Å². The molecular formula is C17H24N2O4S. The van der Waals surface area contributed by atoms with Crippen LogP contribution in [0.15, 0.2) is 24.3 Å². The second kappa shape index (κ2) is 8.39. The number of nitrogens with one attached hydrogen (secondary N) is 1. The van der Waals surface area contributed by atoms with E-state index < -0.39 is 16.8 Å². The van der Waals surface area contributed by atoms with E-state index in [0.29, 0.717) is 12.2 Å². The van der Waals surface area contributed by atoms with Gasteiger partial charge in [-0.1, -0.05) is 12.1 Å². The normalized spacial score (nSPS) is 18.6. The molecule has 0 aromatic heterocycles. The molecule has 1 heterocycles. The summed E-state index contributed by atoms with van der Waals surface area (Å²) in [5.74, 6) is 0.510. The number of nitrogens with zero attached hydrogens (tertiary/aromatic N) is 1. The van der Waals surface area contributed by atoms with Crippen LogP contribution in [0.2, 0.25) is 0 Å². The molecule has 1 amide bonds. The lowest BCUT2D eigenvalue weighted by molar-refractivity contribution is -0.142. The molecular weight excluding hydrogens is 328 g/mol. The molecule has 0 bridgehead atoms. The van der Waals surface area contributed by atoms with Crippen molar-refractivity contribution in [1.82, 2.24) is 10.2 Å². The van der Waals surface area contributed by atoms with Gasteiger partial charge in [0.05, 0.1) is 7.11 Å². The van der Waals surface area contributed by atoms with Crippen LogP contribution in [0.3, 0.4) is 0 Å². The van der Waals surface area contributed by atoms with Crippen LogP contribution in [0.25, 0.3) is 0 Å². The number of piperidine rings is 1. The second-order valence-electron chi connectivity index (χ2n) is 6.06. The lowest BCUT2D eigenvalue weighted by Crippen LogP contribution is -2.57. The van der Waals surface area contributed by atoms with Crippen molar-refractivity contribution in [3.8, 4) is 5.75 Å². The molecule has 1 aromatic carbocycles. The molecule has 7 heteroatoms. The average molecular weight is 352 g/mol. The predicted molar refractivity (Wildman–Crippen MR) is 94.4 cm³/mol. The SMILES string of the molecule is COc1ccc(CSC2(C(NC=O)C(=O)O)CCN(C)CC2)cc1. The minimum Gasteiger partial charge on any atom is -0.497 e. The van der Waals surface area contributed by atoms with Gasteiger partial charge in [0, 0.05) is 10.5 Å². The number of methoxy groups -OCH3 is 1. The van der Waals surface area contributed by atoms with Crippen molar-refractivity contribution >= 4 is 24.1 Å². The number of likely N-dealkylation sites (tertiary alicyclic amines) is 1. The molecule has 0 spiro atoms. The Kier molecular flexibility index (Phi) is 6.51. The first kappa shape index (κ1) is 18.6. The minimum absolute atomic E-state index is 0.493. The first-order chi connectivity index (χ1) is 11.5. The van der Waals surface area contributed by atoms with E-state index >= 15 is 0 Å². The van der Waals surface area contributed by atoms with Gasteiger partial charge in [-0.3, -0.25) is 4.79 Å². The number of carbonyl (C=O) groups is 2. The third-order valence-corrected chi connectivity index (χ3v) is 6.22. The van der Waals surface area contributed by atoms with Gasteiger partial charge >= 0.3 is 5.97 Å². The number of benzene rings is 1. The molecule has 132 valence electrons. The van der Waals surface area contributed by atoms with Gasteiger partial charge in [-0.15, -0.1) is 11.8 Å². The van der Waals surface area contributed by atoms with Gasteiger partial charge in [0.25, 0.3) is 0 Å². The zero-order chi connectivity index (χ0) is 17.6. The number of rotatable bonds is 8. The maximum absolute atomic E-state index is 11.7. The van der Waals surface area contributed by atoms with Gasteiger partial charge in [-0.25, -0.2) is 4.79 Å². The number of amides is 1. The third kappa shape index (κ3) is 4.42. The number of carboxylic acid groups (broad SMARTS) is 1. The summed E-state index contributed by atoms with van der Waals surface area (Å²) >= 11 is 1.62. The summed E-state index contributed by atoms with van der Waals surface area (Å²) in [6.45, 7) is 1.64. The van der Waals surface area contributed by atoms with E-state index in [0.717, 1.165) is 37.2 Å². The molecule has 0 saturated carbocycles. The topological polar surface area (TPSA) is 78.9 Å². The fraction of sp³-hybridized carbons (Fsp3) is 0.529. The Bertz CT molecular complexity index is 556. The summed E-state index contributed by atoms with van der Waals surface area (Å²) < 4.78 is 4.66. The van der Waals surface area contributed by atoms with Crippen molar-refractivity contribution in [1.29, 1.82) is 0 Å². The summed E-state index contributed by atoms with van der Waals surface area (Å²) in [6, 6.07) is 6.88. The van der Waals surface area contributed by atoms with Crippen LogP contribution in [0.1, 0.15) is 18.4 Å². The number of carbonyl (C=O) groups excluding carboxylic acids is 1. The van der Waals surface area contributed by atoms with Crippen LogP contribution in [0, 0.1) is 0 Å². The minimum atomic E-state index is -0.978. The van der Waals surface area contributed by atoms with Crippen LogP contribution >= 0.6 is 11.8 Å². The number of aliphatic carboxylic acids is 1. The Hall–Kier alpha value is -1.73. The monoisotopic (exact) mass is 352 g/mol. The molecule has 6 nitrogen and oxygen atoms in total. The fourth-order valence-electron chi connectivity index (χ4n) is 2.98. The Labute approximate surface area is 146 Å². The summed E-state index contributed by atoms with van der Waals surface area (Å²) in [6.07, 6.45) is 1.94. The Morgan fingerprint density at radius 2 is 2.04 bits per heavy atom. The van der Waals surface area contributed by atoms with Crippen LogP contribution in [-0.2, 0) is 15.3 Å². The molecule has 1 aliphatic rings. The Morgan fingerprint density at radius 3 is 2.54 bits per heavy atom. The quantitative estimate of drug-likeness (QED) is 0.692. The Balaban J connectivity index is 2.15. The largest absolute Gasteiger partial charge is 0.497 e. The molecule has 1 aliphatic heterocycles. The van der Waals surface area contributed by atoms with E-state index in [1.165, 1.54) is 0 Å². The van der Waals surface area contributed by atoms with E-state index in [2.05, 4.69) is 10.2 Å². The molecule has 1 fully saturated rings. The number of hydrogen-bond acceptors (Lipinski definition) is 5. The third-order valence-electron chi connectivity index (χ3n) is 4.53. The first-order valence-electron chi connectivity index (χ1n) is 7.89. The molecule has 1 atom stereocenters. The maximum Gasteiger partial charge on any atom is 0.327 e. The average Bonchev–Trinajstić information content (AvgIpc) is 2.60. The molecule has 24 heavy (non-hydrogen) atoms. The van der Waals surface area contributed by atoms with Crippen LogP contribution in [0.4, 0.5) is 0 Å². The maximum atomic E-state index is 11.7. The highest BCUT2D eigenvalue weighted by molar-refractivity contribution is 8.00. The summed E-state index contributed by atoms with van der Waals surface area (Å²) in [5.41, 5.74) is 1.11. The van der Waals surface area contributed by atoms with Crippen molar-refractivity contribution in [2.24, 2.45) is 0 Å². The van der Waals surface area contributed by atoms with Gasteiger partial charge in [0.2, 0.25) is 6.41 Å². The summed E-state index contributed by atoms with van der Waals surface area (Å²) in [5, 5.41) is 12.1. The van der Waals surface area contributed by atoms with Crippen molar-refractivity contribution in [3.05, 3.63) is 29.8 Å². The smallest absolute Gasteiger partial charge is 0.327 e. The lowest BCUT2D eigenvalue weighted by atomic mass is 9.88. The zero-order valence-corrected chi connectivity index (χ0v) is 14.8. The predicted octanol–water partition coefficient (Wildman–Crippen LogP) is 1.59.